The van der Waals surface area contributed by atoms with Crippen LogP contribution in [0.4, 0.5) is 11.4 Å². The summed E-state index contributed by atoms with van der Waals surface area (Å²) in [6.07, 6.45) is 1.31. The molecule has 0 atom stereocenters. The number of carbonyl (C=O) groups is 3. The Morgan fingerprint density at radius 1 is 0.921 bits per heavy atom. The minimum atomic E-state index is -1.02. The van der Waals surface area contributed by atoms with Gasteiger partial charge in [-0.25, -0.2) is 5.43 Å². The zero-order valence-electron chi connectivity index (χ0n) is 19.3. The second-order valence-electron chi connectivity index (χ2n) is 7.23. The standard InChI is InChI=1S/C24H17Cl4IN4O5/c1-37-18-9-12(10-30-33-24(36)23(35)32-17-7-3-5-14(26)21(17)28)8-15(29)22(18)38-11-19(34)31-16-6-2-4-13(25)20(16)27/h2-10H,11H2,1H3,(H,31,34)(H,32,35)(H,33,36)/b30-10-. The van der Waals surface area contributed by atoms with E-state index in [1.807, 2.05) is 22.6 Å². The number of rotatable bonds is 8. The van der Waals surface area contributed by atoms with Gasteiger partial charge in [0.1, 0.15) is 0 Å². The summed E-state index contributed by atoms with van der Waals surface area (Å²) >= 11 is 26.0. The van der Waals surface area contributed by atoms with E-state index in [2.05, 4.69) is 21.2 Å². The van der Waals surface area contributed by atoms with Crippen molar-refractivity contribution in [2.75, 3.05) is 24.4 Å². The number of nitrogens with zero attached hydrogens (tertiary/aromatic N) is 1. The van der Waals surface area contributed by atoms with Crippen molar-refractivity contribution in [1.29, 1.82) is 0 Å². The number of nitrogens with one attached hydrogen (secondary N) is 3. The van der Waals surface area contributed by atoms with Crippen molar-refractivity contribution in [1.82, 2.24) is 5.43 Å². The van der Waals surface area contributed by atoms with Crippen LogP contribution in [0, 0.1) is 3.57 Å². The van der Waals surface area contributed by atoms with Gasteiger partial charge in [-0.3, -0.25) is 14.4 Å². The Morgan fingerprint density at radius 2 is 1.53 bits per heavy atom. The lowest BCUT2D eigenvalue weighted by Gasteiger charge is -2.14. The average molecular weight is 710 g/mol. The summed E-state index contributed by atoms with van der Waals surface area (Å²) in [5.74, 6) is -1.84. The van der Waals surface area contributed by atoms with Gasteiger partial charge < -0.3 is 20.1 Å². The van der Waals surface area contributed by atoms with Gasteiger partial charge in [-0.05, 0) is 64.6 Å². The summed E-state index contributed by atoms with van der Waals surface area (Å²) in [5, 5.41) is 9.63. The fourth-order valence-corrected chi connectivity index (χ4v) is 4.35. The lowest BCUT2D eigenvalue weighted by molar-refractivity contribution is -0.136. The molecule has 14 heteroatoms. The Morgan fingerprint density at radius 3 is 2.13 bits per heavy atom. The number of hydrogen-bond donors (Lipinski definition) is 3. The number of anilines is 2. The van der Waals surface area contributed by atoms with Gasteiger partial charge in [-0.15, -0.1) is 0 Å². The number of halogens is 5. The highest BCUT2D eigenvalue weighted by molar-refractivity contribution is 14.1. The van der Waals surface area contributed by atoms with E-state index in [1.54, 1.807) is 42.5 Å². The summed E-state index contributed by atoms with van der Waals surface area (Å²) in [6.45, 7) is -0.329. The fourth-order valence-electron chi connectivity index (χ4n) is 2.87. The molecule has 3 rings (SSSR count). The molecule has 9 nitrogen and oxygen atoms in total. The third kappa shape index (κ3) is 7.87. The Labute approximate surface area is 250 Å². The minimum Gasteiger partial charge on any atom is -0.493 e. The van der Waals surface area contributed by atoms with Crippen LogP contribution in [0.1, 0.15) is 5.56 Å². The maximum Gasteiger partial charge on any atom is 0.329 e. The van der Waals surface area contributed by atoms with Crippen LogP contribution < -0.4 is 25.5 Å². The molecule has 3 N–H and O–H groups in total. The van der Waals surface area contributed by atoms with E-state index in [-0.39, 0.29) is 27.4 Å². The van der Waals surface area contributed by atoms with E-state index in [4.69, 9.17) is 55.9 Å². The predicted molar refractivity (Wildman–Crippen MR) is 157 cm³/mol. The molecule has 0 spiro atoms. The molecule has 0 saturated carbocycles. The third-order valence-corrected chi connectivity index (χ3v) is 7.05. The van der Waals surface area contributed by atoms with E-state index in [0.717, 1.165) is 0 Å². The fraction of sp³-hybridized carbons (Fsp3) is 0.0833. The van der Waals surface area contributed by atoms with Crippen molar-refractivity contribution in [2.45, 2.75) is 0 Å². The molecule has 0 aliphatic carbocycles. The Balaban J connectivity index is 1.60. The maximum atomic E-state index is 12.3. The molecule has 0 saturated heterocycles. The Kier molecular flexibility index (Phi) is 10.9. The second-order valence-corrected chi connectivity index (χ2v) is 9.96. The first-order valence-electron chi connectivity index (χ1n) is 10.4. The normalized spacial score (nSPS) is 10.7. The summed E-state index contributed by atoms with van der Waals surface area (Å²) in [5.41, 5.74) is 3.18. The highest BCUT2D eigenvalue weighted by atomic mass is 127. The van der Waals surface area contributed by atoms with Gasteiger partial charge in [0.15, 0.2) is 18.1 Å². The molecule has 3 amide bonds. The largest absolute Gasteiger partial charge is 0.493 e. The van der Waals surface area contributed by atoms with E-state index < -0.39 is 17.7 Å². The lowest BCUT2D eigenvalue weighted by Crippen LogP contribution is -2.32. The summed E-state index contributed by atoms with van der Waals surface area (Å²) in [7, 11) is 1.43. The molecule has 0 fully saturated rings. The van der Waals surface area contributed by atoms with E-state index in [0.29, 0.717) is 31.3 Å². The van der Waals surface area contributed by atoms with Crippen molar-refractivity contribution in [3.63, 3.8) is 0 Å². The van der Waals surface area contributed by atoms with Crippen LogP contribution in [0.25, 0.3) is 0 Å². The average Bonchev–Trinajstić information content (AvgIpc) is 2.88. The van der Waals surface area contributed by atoms with Crippen LogP contribution in [0.15, 0.2) is 53.6 Å². The van der Waals surface area contributed by atoms with Gasteiger partial charge in [0, 0.05) is 0 Å². The van der Waals surface area contributed by atoms with Crippen LogP contribution in [0.3, 0.4) is 0 Å². The number of carbonyl (C=O) groups excluding carboxylic acids is 3. The van der Waals surface area contributed by atoms with Crippen molar-refractivity contribution in [3.8, 4) is 11.5 Å². The number of hydrogen-bond acceptors (Lipinski definition) is 6. The molecule has 0 radical (unpaired) electrons. The van der Waals surface area contributed by atoms with Gasteiger partial charge in [0.05, 0.1) is 48.4 Å². The molecule has 198 valence electrons. The van der Waals surface area contributed by atoms with E-state index >= 15 is 0 Å². The highest BCUT2D eigenvalue weighted by Gasteiger charge is 2.17. The zero-order valence-corrected chi connectivity index (χ0v) is 24.5. The van der Waals surface area contributed by atoms with E-state index in [1.165, 1.54) is 19.4 Å². The lowest BCUT2D eigenvalue weighted by atomic mass is 10.2. The first kappa shape index (κ1) is 29.8. The van der Waals surface area contributed by atoms with Crippen LogP contribution in [-0.4, -0.2) is 37.7 Å². The minimum absolute atomic E-state index is 0.105. The number of ether oxygens (including phenoxy) is 2. The zero-order chi connectivity index (χ0) is 27.8. The molecule has 0 aromatic heterocycles. The molecule has 0 unspecified atom stereocenters. The van der Waals surface area contributed by atoms with Crippen LogP contribution in [-0.2, 0) is 14.4 Å². The van der Waals surface area contributed by atoms with Gasteiger partial charge in [-0.2, -0.15) is 5.10 Å². The van der Waals surface area contributed by atoms with Crippen molar-refractivity contribution < 1.29 is 23.9 Å². The molecule has 0 aliphatic heterocycles. The predicted octanol–water partition coefficient (Wildman–Crippen LogP) is 6.02. The molecule has 0 bridgehead atoms. The first-order valence-corrected chi connectivity index (χ1v) is 13.0. The van der Waals surface area contributed by atoms with Crippen molar-refractivity contribution in [3.05, 3.63) is 77.8 Å². The van der Waals surface area contributed by atoms with Crippen molar-refractivity contribution in [2.24, 2.45) is 5.10 Å². The van der Waals surface area contributed by atoms with Crippen LogP contribution in [0.5, 0.6) is 11.5 Å². The third-order valence-electron chi connectivity index (χ3n) is 4.61. The van der Waals surface area contributed by atoms with Crippen LogP contribution >= 0.6 is 69.0 Å². The van der Waals surface area contributed by atoms with Gasteiger partial charge in [0.25, 0.3) is 5.91 Å². The number of methoxy groups -OCH3 is 1. The molecule has 0 aliphatic rings. The monoisotopic (exact) mass is 708 g/mol. The van der Waals surface area contributed by atoms with Gasteiger partial charge >= 0.3 is 11.8 Å². The smallest absolute Gasteiger partial charge is 0.329 e. The quantitative estimate of drug-likeness (QED) is 0.115. The number of benzene rings is 3. The summed E-state index contributed by atoms with van der Waals surface area (Å²) in [4.78, 5) is 36.5. The molecular formula is C24H17Cl4IN4O5. The van der Waals surface area contributed by atoms with Gasteiger partial charge in [0.2, 0.25) is 0 Å². The molecule has 0 heterocycles. The Bertz CT molecular complexity index is 1420. The highest BCUT2D eigenvalue weighted by Crippen LogP contribution is 2.34. The van der Waals surface area contributed by atoms with Gasteiger partial charge in [-0.1, -0.05) is 58.5 Å². The van der Waals surface area contributed by atoms with Crippen molar-refractivity contribution >= 4 is 104 Å². The number of hydrazone groups is 1. The van der Waals surface area contributed by atoms with Crippen LogP contribution in [0.2, 0.25) is 20.1 Å². The summed E-state index contributed by atoms with van der Waals surface area (Å²) < 4.78 is 11.6. The van der Waals surface area contributed by atoms with E-state index in [9.17, 15) is 14.4 Å². The topological polar surface area (TPSA) is 118 Å². The maximum absolute atomic E-state index is 12.3. The Hall–Kier alpha value is -2.77. The SMILES string of the molecule is COc1cc(/C=N\NC(=O)C(=O)Nc2cccc(Cl)c2Cl)cc(I)c1OCC(=O)Nc1cccc(Cl)c1Cl. The number of amides is 3. The summed E-state index contributed by atoms with van der Waals surface area (Å²) in [6, 6.07) is 12.7. The first-order chi connectivity index (χ1) is 18.1. The second kappa shape index (κ2) is 13.9. The molecule has 3 aromatic carbocycles. The molecule has 3 aromatic rings. The molecule has 38 heavy (non-hydrogen) atoms. The molecular weight excluding hydrogens is 693 g/mol.